The number of allylic oxidation sites excluding steroid dienone is 1. The number of nitrogens with one attached hydrogen (secondary N) is 2. The minimum atomic E-state index is 0.266. The summed E-state index contributed by atoms with van der Waals surface area (Å²) in [7, 11) is 2.16. The molecule has 0 bridgehead atoms. The Morgan fingerprint density at radius 1 is 1.12 bits per heavy atom. The first kappa shape index (κ1) is 20.4. The Kier molecular flexibility index (Phi) is 5.24. The number of hydrogen-bond donors (Lipinski definition) is 3. The SMILES string of the molecule is CN1CCN(c2ccc(-c3cnc4[nH]c5c(Cl)nc(/C(C=N)=C/N)nc5c4c3)cc2)CC1. The molecule has 0 amide bonds. The number of likely N-dealkylation sites (N-methyl/N-ethyl adjacent to an activating group) is 1. The summed E-state index contributed by atoms with van der Waals surface area (Å²) in [6.45, 7) is 4.23. The largest absolute Gasteiger partial charge is 0.404 e. The van der Waals surface area contributed by atoms with E-state index >= 15 is 0 Å². The molecule has 162 valence electrons. The molecule has 0 unspecified atom stereocenters. The Hall–Kier alpha value is -3.49. The van der Waals surface area contributed by atoms with E-state index in [4.69, 9.17) is 22.7 Å². The second-order valence-electron chi connectivity index (χ2n) is 7.91. The fourth-order valence-corrected chi connectivity index (χ4v) is 4.22. The van der Waals surface area contributed by atoms with Crippen molar-refractivity contribution in [2.45, 2.75) is 0 Å². The third kappa shape index (κ3) is 3.57. The van der Waals surface area contributed by atoms with Crippen LogP contribution < -0.4 is 10.6 Å². The summed E-state index contributed by atoms with van der Waals surface area (Å²) in [5.41, 5.74) is 11.2. The zero-order chi connectivity index (χ0) is 22.2. The predicted octanol–water partition coefficient (Wildman–Crippen LogP) is 3.53. The van der Waals surface area contributed by atoms with Crippen molar-refractivity contribution in [3.05, 3.63) is 53.7 Å². The van der Waals surface area contributed by atoms with Crippen molar-refractivity contribution in [1.82, 2.24) is 24.8 Å². The van der Waals surface area contributed by atoms with Crippen molar-refractivity contribution >= 4 is 51.1 Å². The lowest BCUT2D eigenvalue weighted by Crippen LogP contribution is -2.44. The molecule has 0 saturated carbocycles. The van der Waals surface area contributed by atoms with Crippen LogP contribution in [-0.4, -0.2) is 64.3 Å². The van der Waals surface area contributed by atoms with Crippen LogP contribution in [0.15, 0.2) is 42.7 Å². The number of hydrogen-bond acceptors (Lipinski definition) is 7. The maximum absolute atomic E-state index is 7.53. The number of H-pyrrole nitrogens is 1. The second-order valence-corrected chi connectivity index (χ2v) is 8.27. The van der Waals surface area contributed by atoms with Gasteiger partial charge in [-0.15, -0.1) is 0 Å². The number of halogens is 1. The molecule has 1 aromatic carbocycles. The summed E-state index contributed by atoms with van der Waals surface area (Å²) < 4.78 is 0. The fourth-order valence-electron chi connectivity index (χ4n) is 4.01. The third-order valence-electron chi connectivity index (χ3n) is 5.91. The number of benzene rings is 1. The zero-order valence-corrected chi connectivity index (χ0v) is 18.4. The summed E-state index contributed by atoms with van der Waals surface area (Å²) in [5, 5.41) is 8.63. The Morgan fingerprint density at radius 2 is 1.88 bits per heavy atom. The van der Waals surface area contributed by atoms with Gasteiger partial charge in [-0.25, -0.2) is 15.0 Å². The molecule has 32 heavy (non-hydrogen) atoms. The van der Waals surface area contributed by atoms with E-state index in [0.29, 0.717) is 28.1 Å². The topological polar surface area (TPSA) is 111 Å². The lowest BCUT2D eigenvalue weighted by molar-refractivity contribution is 0.313. The van der Waals surface area contributed by atoms with Crippen molar-refractivity contribution in [2.75, 3.05) is 38.1 Å². The van der Waals surface area contributed by atoms with E-state index in [9.17, 15) is 0 Å². The number of aromatic nitrogens is 4. The van der Waals surface area contributed by atoms with Crippen LogP contribution >= 0.6 is 11.6 Å². The summed E-state index contributed by atoms with van der Waals surface area (Å²) in [4.78, 5) is 21.4. The lowest BCUT2D eigenvalue weighted by Gasteiger charge is -2.34. The van der Waals surface area contributed by atoms with Gasteiger partial charge in [0, 0.05) is 61.4 Å². The molecule has 0 aliphatic carbocycles. The molecule has 1 aliphatic heterocycles. The molecule has 4 N–H and O–H groups in total. The van der Waals surface area contributed by atoms with Crippen LogP contribution in [0.3, 0.4) is 0 Å². The van der Waals surface area contributed by atoms with Gasteiger partial charge in [0.25, 0.3) is 0 Å². The van der Waals surface area contributed by atoms with Crippen molar-refractivity contribution in [1.29, 1.82) is 5.41 Å². The molecule has 1 aliphatic rings. The van der Waals surface area contributed by atoms with Crippen LogP contribution in [0, 0.1) is 5.41 Å². The van der Waals surface area contributed by atoms with E-state index < -0.39 is 0 Å². The van der Waals surface area contributed by atoms with Gasteiger partial charge in [-0.1, -0.05) is 23.7 Å². The van der Waals surface area contributed by atoms with E-state index in [1.807, 2.05) is 6.20 Å². The van der Waals surface area contributed by atoms with E-state index in [1.165, 1.54) is 11.9 Å². The maximum Gasteiger partial charge on any atom is 0.164 e. The van der Waals surface area contributed by atoms with E-state index in [0.717, 1.165) is 48.9 Å². The van der Waals surface area contributed by atoms with Gasteiger partial charge in [-0.3, -0.25) is 0 Å². The zero-order valence-electron chi connectivity index (χ0n) is 17.6. The highest BCUT2D eigenvalue weighted by Gasteiger charge is 2.16. The van der Waals surface area contributed by atoms with E-state index in [1.54, 1.807) is 0 Å². The second kappa shape index (κ2) is 8.22. The molecule has 8 nitrogen and oxygen atoms in total. The molecule has 5 rings (SSSR count). The van der Waals surface area contributed by atoms with Crippen molar-refractivity contribution in [2.24, 2.45) is 5.73 Å². The number of pyridine rings is 1. The summed E-state index contributed by atoms with van der Waals surface area (Å²) in [6.07, 6.45) is 4.25. The highest BCUT2D eigenvalue weighted by atomic mass is 35.5. The molecule has 0 radical (unpaired) electrons. The highest BCUT2D eigenvalue weighted by Crippen LogP contribution is 2.31. The van der Waals surface area contributed by atoms with Gasteiger partial charge in [0.15, 0.2) is 11.0 Å². The van der Waals surface area contributed by atoms with Gasteiger partial charge in [-0.2, -0.15) is 0 Å². The minimum absolute atomic E-state index is 0.266. The normalized spacial score (nSPS) is 15.6. The Labute approximate surface area is 190 Å². The minimum Gasteiger partial charge on any atom is -0.404 e. The molecule has 1 fully saturated rings. The van der Waals surface area contributed by atoms with Crippen LogP contribution in [0.5, 0.6) is 0 Å². The molecule has 3 aromatic heterocycles. The first-order valence-electron chi connectivity index (χ1n) is 10.4. The van der Waals surface area contributed by atoms with Crippen LogP contribution in [0.1, 0.15) is 5.82 Å². The Bertz CT molecular complexity index is 1330. The standard InChI is InChI=1S/C23H23ClN8/c1-31-6-8-32(9-7-31)17-4-2-14(3-5-17)15-10-18-19-20(29-23(18)27-13-15)21(24)30-22(28-19)16(11-25)12-26/h2-5,10-13,25H,6-9,26H2,1H3,(H,27,29)/b16-12+,25-11?. The van der Waals surface area contributed by atoms with Gasteiger partial charge >= 0.3 is 0 Å². The monoisotopic (exact) mass is 446 g/mol. The Balaban J connectivity index is 1.53. The van der Waals surface area contributed by atoms with Gasteiger partial charge in [0.1, 0.15) is 16.7 Å². The maximum atomic E-state index is 7.53. The van der Waals surface area contributed by atoms with Gasteiger partial charge in [0.05, 0.1) is 5.57 Å². The van der Waals surface area contributed by atoms with Crippen molar-refractivity contribution < 1.29 is 0 Å². The number of nitrogens with two attached hydrogens (primary N) is 1. The van der Waals surface area contributed by atoms with Gasteiger partial charge in [0.2, 0.25) is 0 Å². The number of fused-ring (bicyclic) bond motifs is 3. The number of anilines is 1. The predicted molar refractivity (Wildman–Crippen MR) is 130 cm³/mol. The average Bonchev–Trinajstić information content (AvgIpc) is 3.19. The highest BCUT2D eigenvalue weighted by molar-refractivity contribution is 6.34. The number of rotatable bonds is 4. The summed E-state index contributed by atoms with van der Waals surface area (Å²) in [5.74, 6) is 0.308. The molecular formula is C23H23ClN8. The molecule has 4 heterocycles. The van der Waals surface area contributed by atoms with Crippen LogP contribution in [0.2, 0.25) is 5.15 Å². The van der Waals surface area contributed by atoms with Crippen LogP contribution in [-0.2, 0) is 0 Å². The number of aromatic amines is 1. The molecule has 0 spiro atoms. The Morgan fingerprint density at radius 3 is 2.56 bits per heavy atom. The average molecular weight is 447 g/mol. The van der Waals surface area contributed by atoms with E-state index in [-0.39, 0.29) is 5.15 Å². The summed E-state index contributed by atoms with van der Waals surface area (Å²) >= 11 is 6.39. The molecule has 1 saturated heterocycles. The number of nitrogens with zero attached hydrogens (tertiary/aromatic N) is 5. The van der Waals surface area contributed by atoms with Gasteiger partial charge in [-0.05, 0) is 30.8 Å². The first-order valence-corrected chi connectivity index (χ1v) is 10.8. The molecule has 0 atom stereocenters. The molecular weight excluding hydrogens is 424 g/mol. The third-order valence-corrected chi connectivity index (χ3v) is 6.19. The van der Waals surface area contributed by atoms with Crippen molar-refractivity contribution in [3.63, 3.8) is 0 Å². The molecule has 4 aromatic rings. The summed E-state index contributed by atoms with van der Waals surface area (Å²) in [6, 6.07) is 10.6. The lowest BCUT2D eigenvalue weighted by atomic mass is 10.1. The molecule has 9 heteroatoms. The van der Waals surface area contributed by atoms with Gasteiger partial charge < -0.3 is 25.9 Å². The quantitative estimate of drug-likeness (QED) is 0.326. The smallest absolute Gasteiger partial charge is 0.164 e. The van der Waals surface area contributed by atoms with Crippen LogP contribution in [0.4, 0.5) is 5.69 Å². The number of piperazine rings is 1. The van der Waals surface area contributed by atoms with Crippen molar-refractivity contribution in [3.8, 4) is 11.1 Å². The first-order chi connectivity index (χ1) is 15.6. The van der Waals surface area contributed by atoms with E-state index in [2.05, 4.69) is 67.1 Å². The fraction of sp³-hybridized carbons (Fsp3) is 0.217. The van der Waals surface area contributed by atoms with Crippen LogP contribution in [0.25, 0.3) is 38.8 Å².